The Balaban J connectivity index is 2.43. The van der Waals surface area contributed by atoms with Crippen LogP contribution in [0.25, 0.3) is 11.1 Å². The fraction of sp³-hybridized carbons (Fsp3) is 0.294. The molecule has 0 atom stereocenters. The van der Waals surface area contributed by atoms with E-state index in [2.05, 4.69) is 0 Å². The average molecular weight is 348 g/mol. The van der Waals surface area contributed by atoms with Crippen molar-refractivity contribution >= 4 is 0 Å². The molecule has 0 bridgehead atoms. The smallest absolute Gasteiger partial charge is 0.369 e. The molecule has 0 radical (unpaired) electrons. The molecule has 7 heteroatoms. The van der Waals surface area contributed by atoms with Gasteiger partial charge in [-0.05, 0) is 23.1 Å². The first-order valence-electron chi connectivity index (χ1n) is 7.06. The Bertz CT molecular complexity index is 669. The van der Waals surface area contributed by atoms with E-state index >= 15 is 0 Å². The third-order valence-electron chi connectivity index (χ3n) is 3.82. The quantitative estimate of drug-likeness (QED) is 0.753. The lowest BCUT2D eigenvalue weighted by Gasteiger charge is -2.32. The van der Waals surface area contributed by atoms with E-state index in [-0.39, 0.29) is 0 Å². The average Bonchev–Trinajstić information content (AvgIpc) is 2.52. The molecule has 130 valence electrons. The summed E-state index contributed by atoms with van der Waals surface area (Å²) in [5.41, 5.74) is -4.00. The molecule has 0 unspecified atom stereocenters. The SMILES string of the molecule is CCc1ccc(-c2ccc(C(O)(C(F)(F)F)C(F)(F)F)cc2)cc1. The molecule has 0 aliphatic heterocycles. The van der Waals surface area contributed by atoms with Gasteiger partial charge in [-0.15, -0.1) is 0 Å². The Kier molecular flexibility index (Phi) is 4.68. The molecule has 0 saturated heterocycles. The highest BCUT2D eigenvalue weighted by molar-refractivity contribution is 5.64. The Morgan fingerprint density at radius 3 is 1.42 bits per heavy atom. The lowest BCUT2D eigenvalue weighted by molar-refractivity contribution is -0.376. The van der Waals surface area contributed by atoms with Crippen LogP contribution in [0.15, 0.2) is 48.5 Å². The molecule has 0 aliphatic rings. The van der Waals surface area contributed by atoms with E-state index in [1.165, 1.54) is 0 Å². The van der Waals surface area contributed by atoms with Crippen molar-refractivity contribution in [2.24, 2.45) is 0 Å². The minimum atomic E-state index is -5.88. The van der Waals surface area contributed by atoms with Gasteiger partial charge in [0.1, 0.15) is 0 Å². The molecule has 0 aliphatic carbocycles. The van der Waals surface area contributed by atoms with Gasteiger partial charge in [-0.1, -0.05) is 55.5 Å². The van der Waals surface area contributed by atoms with Crippen molar-refractivity contribution < 1.29 is 31.4 Å². The second-order valence-electron chi connectivity index (χ2n) is 5.33. The van der Waals surface area contributed by atoms with Gasteiger partial charge in [-0.2, -0.15) is 26.3 Å². The van der Waals surface area contributed by atoms with E-state index < -0.39 is 23.5 Å². The molecule has 1 N–H and O–H groups in total. The Hall–Kier alpha value is -2.02. The first-order valence-corrected chi connectivity index (χ1v) is 7.06. The van der Waals surface area contributed by atoms with Gasteiger partial charge in [-0.3, -0.25) is 0 Å². The summed E-state index contributed by atoms with van der Waals surface area (Å²) >= 11 is 0. The van der Waals surface area contributed by atoms with Gasteiger partial charge in [-0.25, -0.2) is 0 Å². The number of alkyl halides is 6. The highest BCUT2D eigenvalue weighted by atomic mass is 19.4. The lowest BCUT2D eigenvalue weighted by atomic mass is 9.90. The van der Waals surface area contributed by atoms with E-state index in [9.17, 15) is 31.4 Å². The van der Waals surface area contributed by atoms with Crippen molar-refractivity contribution in [3.05, 3.63) is 59.7 Å². The van der Waals surface area contributed by atoms with Crippen LogP contribution in [0.3, 0.4) is 0 Å². The molecule has 0 spiro atoms. The summed E-state index contributed by atoms with van der Waals surface area (Å²) in [7, 11) is 0. The number of aliphatic hydroxyl groups is 1. The van der Waals surface area contributed by atoms with Crippen LogP contribution in [0.5, 0.6) is 0 Å². The van der Waals surface area contributed by atoms with Crippen molar-refractivity contribution in [1.29, 1.82) is 0 Å². The summed E-state index contributed by atoms with van der Waals surface area (Å²) in [5.74, 6) is 0. The van der Waals surface area contributed by atoms with Crippen LogP contribution >= 0.6 is 0 Å². The zero-order chi connectivity index (χ0) is 18.2. The first kappa shape index (κ1) is 18.3. The third-order valence-corrected chi connectivity index (χ3v) is 3.82. The normalized spacial score (nSPS) is 13.2. The van der Waals surface area contributed by atoms with Crippen molar-refractivity contribution in [3.8, 4) is 11.1 Å². The number of halogens is 6. The van der Waals surface area contributed by atoms with E-state index in [0.717, 1.165) is 24.1 Å². The number of rotatable bonds is 3. The summed E-state index contributed by atoms with van der Waals surface area (Å²) in [4.78, 5) is 0. The Labute approximate surface area is 134 Å². The van der Waals surface area contributed by atoms with Crippen LogP contribution in [0.2, 0.25) is 0 Å². The predicted molar refractivity (Wildman–Crippen MR) is 77.3 cm³/mol. The van der Waals surface area contributed by atoms with Gasteiger partial charge in [0.2, 0.25) is 0 Å². The standard InChI is InChI=1S/C17H14F6O/c1-2-11-3-5-12(6-4-11)13-7-9-14(10-8-13)15(24,16(18,19)20)17(21,22)23/h3-10,24H,2H2,1H3. The minimum absolute atomic E-state index is 0.452. The zero-order valence-electron chi connectivity index (χ0n) is 12.5. The Morgan fingerprint density at radius 2 is 1.08 bits per heavy atom. The monoisotopic (exact) mass is 348 g/mol. The zero-order valence-corrected chi connectivity index (χ0v) is 12.5. The van der Waals surface area contributed by atoms with Crippen molar-refractivity contribution in [2.75, 3.05) is 0 Å². The van der Waals surface area contributed by atoms with E-state index in [1.54, 1.807) is 12.1 Å². The van der Waals surface area contributed by atoms with Crippen molar-refractivity contribution in [3.63, 3.8) is 0 Å². The predicted octanol–water partition coefficient (Wildman–Crippen LogP) is 5.23. The molecule has 0 saturated carbocycles. The number of benzene rings is 2. The molecule has 1 nitrogen and oxygen atoms in total. The molecule has 0 aromatic heterocycles. The van der Waals surface area contributed by atoms with E-state index in [0.29, 0.717) is 23.3 Å². The van der Waals surface area contributed by atoms with Gasteiger partial charge in [0.15, 0.2) is 0 Å². The van der Waals surface area contributed by atoms with Crippen LogP contribution in [-0.4, -0.2) is 17.5 Å². The van der Waals surface area contributed by atoms with Gasteiger partial charge in [0.05, 0.1) is 0 Å². The summed E-state index contributed by atoms with van der Waals surface area (Å²) in [5, 5.41) is 9.34. The molecular formula is C17H14F6O. The fourth-order valence-corrected chi connectivity index (χ4v) is 2.32. The van der Waals surface area contributed by atoms with Crippen molar-refractivity contribution in [2.45, 2.75) is 31.3 Å². The summed E-state index contributed by atoms with van der Waals surface area (Å²) in [6.45, 7) is 1.96. The van der Waals surface area contributed by atoms with Crippen LogP contribution in [0.4, 0.5) is 26.3 Å². The highest BCUT2D eigenvalue weighted by Crippen LogP contribution is 2.50. The minimum Gasteiger partial charge on any atom is -0.369 e. The number of hydrogen-bond acceptors (Lipinski definition) is 1. The first-order chi connectivity index (χ1) is 11.0. The second-order valence-corrected chi connectivity index (χ2v) is 5.33. The van der Waals surface area contributed by atoms with Gasteiger partial charge in [0.25, 0.3) is 5.60 Å². The maximum absolute atomic E-state index is 12.8. The number of aryl methyl sites for hydroxylation is 1. The molecule has 24 heavy (non-hydrogen) atoms. The molecule has 2 rings (SSSR count). The maximum atomic E-state index is 12.8. The molecule has 0 fully saturated rings. The summed E-state index contributed by atoms with van der Waals surface area (Å²) < 4.78 is 76.9. The maximum Gasteiger partial charge on any atom is 0.430 e. The second kappa shape index (κ2) is 6.12. The van der Waals surface area contributed by atoms with Crippen LogP contribution < -0.4 is 0 Å². The van der Waals surface area contributed by atoms with Gasteiger partial charge < -0.3 is 5.11 Å². The molecule has 0 amide bonds. The van der Waals surface area contributed by atoms with E-state index in [1.807, 2.05) is 19.1 Å². The topological polar surface area (TPSA) is 20.2 Å². The van der Waals surface area contributed by atoms with Crippen LogP contribution in [0.1, 0.15) is 18.1 Å². The molecule has 2 aromatic rings. The highest BCUT2D eigenvalue weighted by Gasteiger charge is 2.71. The number of hydrogen-bond donors (Lipinski definition) is 1. The Morgan fingerprint density at radius 1 is 0.708 bits per heavy atom. The fourth-order valence-electron chi connectivity index (χ4n) is 2.32. The van der Waals surface area contributed by atoms with Crippen LogP contribution in [-0.2, 0) is 12.0 Å². The summed E-state index contributed by atoms with van der Waals surface area (Å²) in [6, 6.07) is 10.6. The van der Waals surface area contributed by atoms with Crippen molar-refractivity contribution in [1.82, 2.24) is 0 Å². The van der Waals surface area contributed by atoms with Gasteiger partial charge in [0, 0.05) is 5.56 Å². The van der Waals surface area contributed by atoms with E-state index in [4.69, 9.17) is 0 Å². The lowest BCUT2D eigenvalue weighted by Crippen LogP contribution is -2.53. The van der Waals surface area contributed by atoms with Gasteiger partial charge >= 0.3 is 12.4 Å². The van der Waals surface area contributed by atoms with Crippen LogP contribution in [0, 0.1) is 0 Å². The summed E-state index contributed by atoms with van der Waals surface area (Å²) in [6.07, 6.45) is -10.9. The molecule has 2 aromatic carbocycles. The largest absolute Gasteiger partial charge is 0.430 e. The molecular weight excluding hydrogens is 334 g/mol. The third kappa shape index (κ3) is 3.13. The molecule has 0 heterocycles.